The van der Waals surface area contributed by atoms with E-state index in [9.17, 15) is 4.39 Å². The molecular weight excluding hydrogens is 241 g/mol. The second kappa shape index (κ2) is 6.66. The summed E-state index contributed by atoms with van der Waals surface area (Å²) < 4.78 is 14.4. The highest BCUT2D eigenvalue weighted by molar-refractivity contribution is 5.45. The molecule has 0 unspecified atom stereocenters. The number of hydrogen-bond acceptors (Lipinski definition) is 3. The average molecular weight is 263 g/mol. The number of aromatic nitrogens is 1. The van der Waals surface area contributed by atoms with E-state index in [4.69, 9.17) is 0 Å². The van der Waals surface area contributed by atoms with Gasteiger partial charge in [0.25, 0.3) is 0 Å². The second-order valence-corrected chi connectivity index (χ2v) is 5.03. The fourth-order valence-corrected chi connectivity index (χ4v) is 2.19. The maximum absolute atomic E-state index is 14.4. The van der Waals surface area contributed by atoms with Crippen LogP contribution in [-0.2, 0) is 6.54 Å². The predicted octanol–water partition coefficient (Wildman–Crippen LogP) is 2.88. The van der Waals surface area contributed by atoms with Crippen LogP contribution < -0.4 is 10.2 Å². The van der Waals surface area contributed by atoms with Gasteiger partial charge in [0.15, 0.2) is 11.6 Å². The lowest BCUT2D eigenvalue weighted by Gasteiger charge is -2.27. The third kappa shape index (κ3) is 3.53. The Morgan fingerprint density at radius 3 is 3.00 bits per heavy atom. The fraction of sp³-hybridized carbons (Fsp3) is 0.533. The maximum atomic E-state index is 14.4. The first-order valence-corrected chi connectivity index (χ1v) is 6.97. The van der Waals surface area contributed by atoms with Crippen molar-refractivity contribution in [3.05, 3.63) is 35.3 Å². The molecule has 1 aliphatic rings. The van der Waals surface area contributed by atoms with E-state index in [-0.39, 0.29) is 5.82 Å². The standard InChI is InChI=1S/C15H22FN3/c1-3-7-17-11-13-4-8-18-15(14(13)16)19-9-5-12(2)6-10-19/h4-5,8,17H,3,6-7,9-11H2,1-2H3. The van der Waals surface area contributed by atoms with Gasteiger partial charge in [0.05, 0.1) is 0 Å². The quantitative estimate of drug-likeness (QED) is 0.654. The molecule has 104 valence electrons. The zero-order chi connectivity index (χ0) is 13.7. The largest absolute Gasteiger partial charge is 0.350 e. The molecule has 0 radical (unpaired) electrons. The molecule has 0 atom stereocenters. The number of nitrogens with zero attached hydrogens (tertiary/aromatic N) is 2. The van der Waals surface area contributed by atoms with Crippen molar-refractivity contribution in [2.45, 2.75) is 33.2 Å². The van der Waals surface area contributed by atoms with E-state index in [2.05, 4.69) is 30.2 Å². The monoisotopic (exact) mass is 263 g/mol. The Bertz CT molecular complexity index is 457. The van der Waals surface area contributed by atoms with E-state index in [0.29, 0.717) is 17.9 Å². The zero-order valence-corrected chi connectivity index (χ0v) is 11.7. The second-order valence-electron chi connectivity index (χ2n) is 5.03. The number of hydrogen-bond donors (Lipinski definition) is 1. The minimum atomic E-state index is -0.181. The molecule has 0 aliphatic carbocycles. The lowest BCUT2D eigenvalue weighted by Crippen LogP contribution is -2.30. The molecule has 0 spiro atoms. The van der Waals surface area contributed by atoms with E-state index < -0.39 is 0 Å². The van der Waals surface area contributed by atoms with E-state index in [0.717, 1.165) is 32.5 Å². The van der Waals surface area contributed by atoms with Gasteiger partial charge in [0.2, 0.25) is 0 Å². The molecule has 3 nitrogen and oxygen atoms in total. The number of halogens is 1. The molecule has 1 aliphatic heterocycles. The fourth-order valence-electron chi connectivity index (χ4n) is 2.19. The lowest BCUT2D eigenvalue weighted by atomic mass is 10.1. The molecule has 0 bridgehead atoms. The van der Waals surface area contributed by atoms with Crippen molar-refractivity contribution in [2.24, 2.45) is 0 Å². The van der Waals surface area contributed by atoms with Crippen LogP contribution in [0.5, 0.6) is 0 Å². The van der Waals surface area contributed by atoms with Gasteiger partial charge >= 0.3 is 0 Å². The average Bonchev–Trinajstić information content (AvgIpc) is 2.42. The summed E-state index contributed by atoms with van der Waals surface area (Å²) in [6, 6.07) is 1.76. The molecule has 0 aromatic carbocycles. The van der Waals surface area contributed by atoms with E-state index in [1.807, 2.05) is 4.90 Å². The normalized spacial score (nSPS) is 15.5. The summed E-state index contributed by atoms with van der Waals surface area (Å²) in [6.45, 7) is 7.29. The van der Waals surface area contributed by atoms with Crippen molar-refractivity contribution in [3.8, 4) is 0 Å². The Balaban J connectivity index is 2.11. The van der Waals surface area contributed by atoms with Gasteiger partial charge in [-0.05, 0) is 32.4 Å². The highest BCUT2D eigenvalue weighted by atomic mass is 19.1. The first kappa shape index (κ1) is 14.0. The molecule has 19 heavy (non-hydrogen) atoms. The van der Waals surface area contributed by atoms with Gasteiger partial charge in [-0.1, -0.05) is 18.6 Å². The summed E-state index contributed by atoms with van der Waals surface area (Å²) >= 11 is 0. The van der Waals surface area contributed by atoms with Crippen LogP contribution in [0.3, 0.4) is 0 Å². The summed E-state index contributed by atoms with van der Waals surface area (Å²) in [7, 11) is 0. The van der Waals surface area contributed by atoms with Gasteiger partial charge in [-0.2, -0.15) is 0 Å². The van der Waals surface area contributed by atoms with Gasteiger partial charge in [0, 0.05) is 31.4 Å². The summed E-state index contributed by atoms with van der Waals surface area (Å²) in [5.74, 6) is 0.304. The first-order valence-electron chi connectivity index (χ1n) is 6.97. The summed E-state index contributed by atoms with van der Waals surface area (Å²) in [6.07, 6.45) is 5.88. The summed E-state index contributed by atoms with van der Waals surface area (Å²) in [5, 5.41) is 3.23. The third-order valence-electron chi connectivity index (χ3n) is 3.43. The first-order chi connectivity index (χ1) is 9.22. The predicted molar refractivity (Wildman–Crippen MR) is 76.8 cm³/mol. The smallest absolute Gasteiger partial charge is 0.170 e. The van der Waals surface area contributed by atoms with Crippen LogP contribution >= 0.6 is 0 Å². The molecule has 0 fully saturated rings. The Morgan fingerprint density at radius 1 is 1.47 bits per heavy atom. The summed E-state index contributed by atoms with van der Waals surface area (Å²) in [4.78, 5) is 6.22. The molecule has 0 saturated carbocycles. The van der Waals surface area contributed by atoms with Crippen LogP contribution in [0.1, 0.15) is 32.3 Å². The molecular formula is C15H22FN3. The summed E-state index contributed by atoms with van der Waals surface area (Å²) in [5.41, 5.74) is 2.07. The number of rotatable bonds is 5. The maximum Gasteiger partial charge on any atom is 0.170 e. The molecule has 4 heteroatoms. The van der Waals surface area contributed by atoms with Crippen molar-refractivity contribution in [1.82, 2.24) is 10.3 Å². The number of pyridine rings is 1. The van der Waals surface area contributed by atoms with Crippen LogP contribution in [0, 0.1) is 5.82 Å². The molecule has 2 heterocycles. The number of nitrogens with one attached hydrogen (secondary N) is 1. The molecule has 0 amide bonds. The van der Waals surface area contributed by atoms with Crippen LogP contribution in [0.2, 0.25) is 0 Å². The zero-order valence-electron chi connectivity index (χ0n) is 11.7. The Morgan fingerprint density at radius 2 is 2.32 bits per heavy atom. The van der Waals surface area contributed by atoms with Gasteiger partial charge in [-0.25, -0.2) is 9.37 Å². The van der Waals surface area contributed by atoms with Crippen molar-refractivity contribution >= 4 is 5.82 Å². The molecule has 1 N–H and O–H groups in total. The van der Waals surface area contributed by atoms with Crippen LogP contribution in [-0.4, -0.2) is 24.6 Å². The minimum absolute atomic E-state index is 0.181. The molecule has 1 aromatic rings. The lowest BCUT2D eigenvalue weighted by molar-refractivity contribution is 0.574. The van der Waals surface area contributed by atoms with Gasteiger partial charge in [-0.15, -0.1) is 0 Å². The Kier molecular flexibility index (Phi) is 4.91. The van der Waals surface area contributed by atoms with Crippen molar-refractivity contribution in [1.29, 1.82) is 0 Å². The Hall–Kier alpha value is -1.42. The van der Waals surface area contributed by atoms with Crippen molar-refractivity contribution < 1.29 is 4.39 Å². The molecule has 1 aromatic heterocycles. The SMILES string of the molecule is CCCNCc1ccnc(N2CC=C(C)CC2)c1F. The highest BCUT2D eigenvalue weighted by Crippen LogP contribution is 2.22. The number of anilines is 1. The van der Waals surface area contributed by atoms with Crippen molar-refractivity contribution in [2.75, 3.05) is 24.5 Å². The van der Waals surface area contributed by atoms with Crippen LogP contribution in [0.25, 0.3) is 0 Å². The Labute approximate surface area is 114 Å². The van der Waals surface area contributed by atoms with Crippen molar-refractivity contribution in [3.63, 3.8) is 0 Å². The highest BCUT2D eigenvalue weighted by Gasteiger charge is 2.17. The molecule has 0 saturated heterocycles. The van der Waals surface area contributed by atoms with Gasteiger partial charge in [0.1, 0.15) is 0 Å². The van der Waals surface area contributed by atoms with E-state index >= 15 is 0 Å². The van der Waals surface area contributed by atoms with Crippen LogP contribution in [0.15, 0.2) is 23.9 Å². The topological polar surface area (TPSA) is 28.2 Å². The minimum Gasteiger partial charge on any atom is -0.350 e. The van der Waals surface area contributed by atoms with E-state index in [1.54, 1.807) is 12.3 Å². The van der Waals surface area contributed by atoms with E-state index in [1.165, 1.54) is 5.57 Å². The molecule has 2 rings (SSSR count). The van der Waals surface area contributed by atoms with Crippen LogP contribution in [0.4, 0.5) is 10.2 Å². The third-order valence-corrected chi connectivity index (χ3v) is 3.43. The van der Waals surface area contributed by atoms with Gasteiger partial charge < -0.3 is 10.2 Å². The van der Waals surface area contributed by atoms with Gasteiger partial charge in [-0.3, -0.25) is 0 Å².